The summed E-state index contributed by atoms with van der Waals surface area (Å²) in [6, 6.07) is 21.7. The fraction of sp³-hybridized carbons (Fsp3) is 0.0870. The predicted octanol–water partition coefficient (Wildman–Crippen LogP) is 3.25. The highest BCUT2D eigenvalue weighted by Crippen LogP contribution is 2.26. The van der Waals surface area contributed by atoms with Crippen molar-refractivity contribution < 1.29 is 9.59 Å². The molecule has 7 heteroatoms. The minimum absolute atomic E-state index is 0.223. The number of carbonyl (C=O) groups excluding carboxylic acids is 2. The molecule has 1 N–H and O–H groups in total. The van der Waals surface area contributed by atoms with E-state index in [2.05, 4.69) is 20.6 Å². The third kappa shape index (κ3) is 3.86. The van der Waals surface area contributed by atoms with Crippen LogP contribution in [0.1, 0.15) is 22.8 Å². The smallest absolute Gasteiger partial charge is 0.271 e. The van der Waals surface area contributed by atoms with Crippen LogP contribution in [0.4, 0.5) is 5.69 Å². The SMILES string of the molecule is CC1=NN(c2ccccc2)C(=O)C1/C(=N/NC(=O)c1ccncc1)c1ccccc1. The van der Waals surface area contributed by atoms with Gasteiger partial charge in [0.2, 0.25) is 0 Å². The molecule has 1 aliphatic heterocycles. The molecule has 2 aromatic carbocycles. The van der Waals surface area contributed by atoms with Gasteiger partial charge in [0.15, 0.2) is 0 Å². The molecule has 1 aliphatic rings. The number of aromatic nitrogens is 1. The fourth-order valence-electron chi connectivity index (χ4n) is 3.22. The van der Waals surface area contributed by atoms with Gasteiger partial charge in [-0.1, -0.05) is 48.5 Å². The van der Waals surface area contributed by atoms with Crippen LogP contribution in [0.15, 0.2) is 95.4 Å². The molecule has 1 unspecified atom stereocenters. The number of carbonyl (C=O) groups is 2. The van der Waals surface area contributed by atoms with Crippen molar-refractivity contribution in [3.8, 4) is 0 Å². The molecule has 1 atom stereocenters. The second-order valence-corrected chi connectivity index (χ2v) is 6.70. The molecular weight excluding hydrogens is 378 g/mol. The molecule has 0 saturated carbocycles. The van der Waals surface area contributed by atoms with E-state index < -0.39 is 5.92 Å². The number of hydrogen-bond acceptors (Lipinski definition) is 5. The number of benzene rings is 2. The number of pyridine rings is 1. The van der Waals surface area contributed by atoms with E-state index in [1.807, 2.05) is 60.7 Å². The van der Waals surface area contributed by atoms with Crippen LogP contribution in [0.5, 0.6) is 0 Å². The molecule has 1 aromatic heterocycles. The predicted molar refractivity (Wildman–Crippen MR) is 115 cm³/mol. The van der Waals surface area contributed by atoms with Crippen LogP contribution in [-0.4, -0.2) is 28.2 Å². The molecule has 0 aliphatic carbocycles. The zero-order valence-corrected chi connectivity index (χ0v) is 16.3. The number of nitrogens with one attached hydrogen (secondary N) is 1. The molecular formula is C23H19N5O2. The van der Waals surface area contributed by atoms with Crippen molar-refractivity contribution in [1.82, 2.24) is 10.4 Å². The minimum atomic E-state index is -0.703. The Balaban J connectivity index is 1.68. The van der Waals surface area contributed by atoms with E-state index in [-0.39, 0.29) is 11.8 Å². The topological polar surface area (TPSA) is 87.0 Å². The van der Waals surface area contributed by atoms with Crippen LogP contribution in [0.25, 0.3) is 0 Å². The van der Waals surface area contributed by atoms with Crippen LogP contribution in [0, 0.1) is 5.92 Å². The molecule has 148 valence electrons. The fourth-order valence-corrected chi connectivity index (χ4v) is 3.22. The lowest BCUT2D eigenvalue weighted by Gasteiger charge is -2.16. The molecule has 0 spiro atoms. The first-order chi connectivity index (χ1) is 14.6. The number of anilines is 1. The first kappa shape index (κ1) is 19.2. The molecule has 0 bridgehead atoms. The maximum atomic E-state index is 13.3. The molecule has 0 radical (unpaired) electrons. The summed E-state index contributed by atoms with van der Waals surface area (Å²) in [6.45, 7) is 1.79. The molecule has 7 nitrogen and oxygen atoms in total. The van der Waals surface area contributed by atoms with E-state index in [9.17, 15) is 9.59 Å². The zero-order chi connectivity index (χ0) is 20.9. The lowest BCUT2D eigenvalue weighted by molar-refractivity contribution is -0.118. The number of nitrogens with zero attached hydrogens (tertiary/aromatic N) is 4. The Hall–Kier alpha value is -4.13. The monoisotopic (exact) mass is 397 g/mol. The highest BCUT2D eigenvalue weighted by molar-refractivity contribution is 6.31. The van der Waals surface area contributed by atoms with Gasteiger partial charge in [-0.3, -0.25) is 14.6 Å². The molecule has 2 heterocycles. The van der Waals surface area contributed by atoms with E-state index in [0.29, 0.717) is 22.7 Å². The first-order valence-corrected chi connectivity index (χ1v) is 9.42. The summed E-state index contributed by atoms with van der Waals surface area (Å²) in [5.41, 5.74) is 5.44. The maximum absolute atomic E-state index is 13.3. The third-order valence-electron chi connectivity index (χ3n) is 4.70. The van der Waals surface area contributed by atoms with Crippen molar-refractivity contribution >= 4 is 28.9 Å². The Morgan fingerprint density at radius 3 is 2.23 bits per heavy atom. The molecule has 3 aromatic rings. The van der Waals surface area contributed by atoms with Crippen LogP contribution < -0.4 is 10.4 Å². The van der Waals surface area contributed by atoms with Gasteiger partial charge in [-0.05, 0) is 36.8 Å². The van der Waals surface area contributed by atoms with Crippen LogP contribution in [-0.2, 0) is 4.79 Å². The zero-order valence-electron chi connectivity index (χ0n) is 16.3. The number of amides is 2. The standard InChI is InChI=1S/C23H19N5O2/c1-16-20(23(30)28(27-16)19-10-6-3-7-11-19)21(17-8-4-2-5-9-17)25-26-22(29)18-12-14-24-15-13-18/h2-15,20H,1H3,(H,26,29)/b25-21+. The first-order valence-electron chi connectivity index (χ1n) is 9.42. The van der Waals surface area contributed by atoms with E-state index in [4.69, 9.17) is 0 Å². The molecule has 2 amide bonds. The second kappa shape index (κ2) is 8.48. The van der Waals surface area contributed by atoms with Crippen molar-refractivity contribution in [2.75, 3.05) is 5.01 Å². The molecule has 30 heavy (non-hydrogen) atoms. The van der Waals surface area contributed by atoms with E-state index >= 15 is 0 Å². The lowest BCUT2D eigenvalue weighted by atomic mass is 9.93. The minimum Gasteiger partial charge on any atom is -0.271 e. The van der Waals surface area contributed by atoms with E-state index in [1.54, 1.807) is 19.1 Å². The maximum Gasteiger partial charge on any atom is 0.271 e. The van der Waals surface area contributed by atoms with Crippen LogP contribution >= 0.6 is 0 Å². The Morgan fingerprint density at radius 1 is 0.933 bits per heavy atom. The normalized spacial score (nSPS) is 16.4. The summed E-state index contributed by atoms with van der Waals surface area (Å²) in [5, 5.41) is 10.2. The average molecular weight is 397 g/mol. The summed E-state index contributed by atoms with van der Waals surface area (Å²) < 4.78 is 0. The van der Waals surface area contributed by atoms with Gasteiger partial charge >= 0.3 is 0 Å². The van der Waals surface area contributed by atoms with Gasteiger partial charge in [-0.25, -0.2) is 5.43 Å². The quantitative estimate of drug-likeness (QED) is 0.530. The van der Waals surface area contributed by atoms with Crippen molar-refractivity contribution in [3.63, 3.8) is 0 Å². The van der Waals surface area contributed by atoms with Crippen LogP contribution in [0.2, 0.25) is 0 Å². The van der Waals surface area contributed by atoms with Crippen LogP contribution in [0.3, 0.4) is 0 Å². The van der Waals surface area contributed by atoms with Crippen molar-refractivity contribution in [2.24, 2.45) is 16.1 Å². The Labute approximate surface area is 173 Å². The molecule has 0 fully saturated rings. The Kier molecular flexibility index (Phi) is 5.43. The highest BCUT2D eigenvalue weighted by Gasteiger charge is 2.38. The lowest BCUT2D eigenvalue weighted by Crippen LogP contribution is -2.35. The van der Waals surface area contributed by atoms with Crippen molar-refractivity contribution in [3.05, 3.63) is 96.3 Å². The van der Waals surface area contributed by atoms with E-state index in [0.717, 1.165) is 5.56 Å². The third-order valence-corrected chi connectivity index (χ3v) is 4.70. The number of para-hydroxylation sites is 1. The Morgan fingerprint density at radius 2 is 1.57 bits per heavy atom. The van der Waals surface area contributed by atoms with Gasteiger partial charge in [-0.2, -0.15) is 15.2 Å². The van der Waals surface area contributed by atoms with Gasteiger partial charge in [-0.15, -0.1) is 0 Å². The summed E-state index contributed by atoms with van der Waals surface area (Å²) >= 11 is 0. The number of rotatable bonds is 5. The number of hydrogen-bond donors (Lipinski definition) is 1. The average Bonchev–Trinajstić information content (AvgIpc) is 3.10. The van der Waals surface area contributed by atoms with Gasteiger partial charge in [0.25, 0.3) is 11.8 Å². The summed E-state index contributed by atoms with van der Waals surface area (Å²) in [5.74, 6) is -1.31. The van der Waals surface area contributed by atoms with E-state index in [1.165, 1.54) is 17.4 Å². The Bertz CT molecular complexity index is 1110. The van der Waals surface area contributed by atoms with Gasteiger partial charge in [0.05, 0.1) is 17.1 Å². The van der Waals surface area contributed by atoms with Gasteiger partial charge < -0.3 is 0 Å². The summed E-state index contributed by atoms with van der Waals surface area (Å²) in [6.07, 6.45) is 3.07. The molecule has 0 saturated heterocycles. The summed E-state index contributed by atoms with van der Waals surface area (Å²) in [7, 11) is 0. The molecule has 4 rings (SSSR count). The van der Waals surface area contributed by atoms with Crippen molar-refractivity contribution in [1.29, 1.82) is 0 Å². The second-order valence-electron chi connectivity index (χ2n) is 6.70. The number of hydrazone groups is 2. The van der Waals surface area contributed by atoms with Crippen molar-refractivity contribution in [2.45, 2.75) is 6.92 Å². The summed E-state index contributed by atoms with van der Waals surface area (Å²) in [4.78, 5) is 29.6. The largest absolute Gasteiger partial charge is 0.271 e. The van der Waals surface area contributed by atoms with Gasteiger partial charge in [0.1, 0.15) is 5.92 Å². The highest BCUT2D eigenvalue weighted by atomic mass is 16.2. The van der Waals surface area contributed by atoms with Gasteiger partial charge in [0, 0.05) is 18.0 Å².